The number of hydrogen-bond donors (Lipinski definition) is 1. The lowest BCUT2D eigenvalue weighted by Crippen LogP contribution is -2.33. The normalized spacial score (nSPS) is 20.7. The Labute approximate surface area is 212 Å². The molecule has 1 saturated carbocycles. The molecule has 2 aliphatic rings. The van der Waals surface area contributed by atoms with Crippen LogP contribution in [0.4, 0.5) is 4.39 Å². The lowest BCUT2D eigenvalue weighted by Gasteiger charge is -2.32. The van der Waals surface area contributed by atoms with Crippen LogP contribution in [0.15, 0.2) is 83.8 Å². The molecule has 2 atom stereocenters. The van der Waals surface area contributed by atoms with Gasteiger partial charge in [-0.25, -0.2) is 17.5 Å². The van der Waals surface area contributed by atoms with E-state index >= 15 is 0 Å². The number of rotatable bonds is 8. The second kappa shape index (κ2) is 10.5. The average Bonchev–Trinajstić information content (AvgIpc) is 3.65. The Hall–Kier alpha value is -3.03. The summed E-state index contributed by atoms with van der Waals surface area (Å²) < 4.78 is 39.9. The van der Waals surface area contributed by atoms with Crippen molar-refractivity contribution < 1.29 is 17.6 Å². The van der Waals surface area contributed by atoms with Crippen LogP contribution in [-0.4, -0.2) is 32.3 Å². The van der Waals surface area contributed by atoms with E-state index < -0.39 is 21.7 Å². The van der Waals surface area contributed by atoms with Crippen molar-refractivity contribution >= 4 is 15.9 Å². The van der Waals surface area contributed by atoms with E-state index in [4.69, 9.17) is 0 Å². The lowest BCUT2D eigenvalue weighted by atomic mass is 9.90. The number of nitrogens with one attached hydrogen (secondary N) is 1. The molecular weight excluding hydrogens is 475 g/mol. The summed E-state index contributed by atoms with van der Waals surface area (Å²) in [6.07, 6.45) is 5.10. The molecule has 0 bridgehead atoms. The number of sulfonamides is 1. The molecule has 1 aliphatic heterocycles. The zero-order chi connectivity index (χ0) is 25.1. The molecule has 0 unspecified atom stereocenters. The summed E-state index contributed by atoms with van der Waals surface area (Å²) in [6.45, 7) is 2.97. The SMILES string of the molecule is O=C(NS(=O)(=O)c1ccc(F)cc1)c1ccc(CN2CCC(C[C@@H]3C[C@H]3c3ccccc3)CC2)cc1. The number of piperidine rings is 1. The predicted molar refractivity (Wildman–Crippen MR) is 137 cm³/mol. The molecule has 2 fully saturated rings. The van der Waals surface area contributed by atoms with Gasteiger partial charge in [-0.3, -0.25) is 9.69 Å². The smallest absolute Gasteiger partial charge is 0.264 e. The second-order valence-corrected chi connectivity index (χ2v) is 11.7. The van der Waals surface area contributed by atoms with E-state index in [1.54, 1.807) is 12.1 Å². The standard InChI is InChI=1S/C29H31FN2O3S/c30-26-10-12-27(13-11-26)36(34,35)31-29(33)24-8-6-22(7-9-24)20-32-16-14-21(15-17-32)18-25-19-28(25)23-4-2-1-3-5-23/h1-13,21,25,28H,14-20H2,(H,31,33)/t25-,28+/m1/s1. The van der Waals surface area contributed by atoms with Crippen molar-refractivity contribution in [2.75, 3.05) is 13.1 Å². The summed E-state index contributed by atoms with van der Waals surface area (Å²) in [6, 6.07) is 22.3. The maximum atomic E-state index is 13.1. The van der Waals surface area contributed by atoms with Gasteiger partial charge in [0.2, 0.25) is 0 Å². The van der Waals surface area contributed by atoms with Crippen LogP contribution < -0.4 is 4.72 Å². The molecule has 1 saturated heterocycles. The summed E-state index contributed by atoms with van der Waals surface area (Å²) in [5.74, 6) is 1.15. The minimum absolute atomic E-state index is 0.158. The quantitative estimate of drug-likeness (QED) is 0.447. The molecule has 3 aromatic rings. The van der Waals surface area contributed by atoms with Crippen LogP contribution in [0.3, 0.4) is 0 Å². The van der Waals surface area contributed by atoms with Crippen molar-refractivity contribution in [1.29, 1.82) is 0 Å². The van der Waals surface area contributed by atoms with E-state index in [0.29, 0.717) is 0 Å². The molecule has 0 radical (unpaired) electrons. The first-order chi connectivity index (χ1) is 17.4. The Morgan fingerprint density at radius 2 is 1.58 bits per heavy atom. The van der Waals surface area contributed by atoms with Crippen molar-refractivity contribution in [3.63, 3.8) is 0 Å². The zero-order valence-corrected chi connectivity index (χ0v) is 21.0. The highest BCUT2D eigenvalue weighted by Crippen LogP contribution is 2.51. The number of halogens is 1. The number of likely N-dealkylation sites (tertiary alicyclic amines) is 1. The molecule has 1 amide bonds. The van der Waals surface area contributed by atoms with Crippen molar-refractivity contribution in [3.8, 4) is 0 Å². The van der Waals surface area contributed by atoms with Gasteiger partial charge in [0.05, 0.1) is 4.90 Å². The predicted octanol–water partition coefficient (Wildman–Crippen LogP) is 5.35. The summed E-state index contributed by atoms with van der Waals surface area (Å²) in [7, 11) is -4.06. The second-order valence-electron chi connectivity index (χ2n) is 10.1. The third-order valence-corrected chi connectivity index (χ3v) is 8.81. The first-order valence-corrected chi connectivity index (χ1v) is 14.0. The molecule has 188 valence electrons. The summed E-state index contributed by atoms with van der Waals surface area (Å²) in [5.41, 5.74) is 2.85. The Morgan fingerprint density at radius 3 is 2.25 bits per heavy atom. The van der Waals surface area contributed by atoms with E-state index in [2.05, 4.69) is 35.2 Å². The molecule has 3 aromatic carbocycles. The van der Waals surface area contributed by atoms with Crippen LogP contribution in [0.5, 0.6) is 0 Å². The molecular formula is C29H31FN2O3S. The largest absolute Gasteiger partial charge is 0.299 e. The van der Waals surface area contributed by atoms with Crippen LogP contribution in [0.25, 0.3) is 0 Å². The van der Waals surface area contributed by atoms with E-state index in [-0.39, 0.29) is 10.5 Å². The number of carbonyl (C=O) groups excluding carboxylic acids is 1. The van der Waals surface area contributed by atoms with Gasteiger partial charge in [-0.1, -0.05) is 42.5 Å². The van der Waals surface area contributed by atoms with Gasteiger partial charge in [-0.15, -0.1) is 0 Å². The van der Waals surface area contributed by atoms with E-state index in [1.807, 2.05) is 16.9 Å². The van der Waals surface area contributed by atoms with Crippen LogP contribution in [-0.2, 0) is 16.6 Å². The molecule has 0 aromatic heterocycles. The van der Waals surface area contributed by atoms with Gasteiger partial charge in [0.25, 0.3) is 15.9 Å². The minimum atomic E-state index is -4.06. The lowest BCUT2D eigenvalue weighted by molar-refractivity contribution is 0.0981. The fourth-order valence-corrected chi connectivity index (χ4v) is 6.27. The van der Waals surface area contributed by atoms with Crippen molar-refractivity contribution in [1.82, 2.24) is 9.62 Å². The van der Waals surface area contributed by atoms with Crippen LogP contribution in [0, 0.1) is 17.7 Å². The van der Waals surface area contributed by atoms with Crippen LogP contribution in [0.1, 0.15) is 53.1 Å². The Balaban J connectivity index is 1.08. The third kappa shape index (κ3) is 6.02. The summed E-state index contributed by atoms with van der Waals surface area (Å²) in [5, 5.41) is 0. The molecule has 7 heteroatoms. The first kappa shape index (κ1) is 24.7. The Bertz CT molecular complexity index is 1290. The topological polar surface area (TPSA) is 66.5 Å². The third-order valence-electron chi connectivity index (χ3n) is 7.47. The highest BCUT2D eigenvalue weighted by Gasteiger charge is 2.39. The highest BCUT2D eigenvalue weighted by atomic mass is 32.2. The fraction of sp³-hybridized carbons (Fsp3) is 0.345. The maximum Gasteiger partial charge on any atom is 0.264 e. The van der Waals surface area contributed by atoms with Gasteiger partial charge in [-0.2, -0.15) is 0 Å². The molecule has 1 aliphatic carbocycles. The van der Waals surface area contributed by atoms with Crippen molar-refractivity contribution in [2.24, 2.45) is 11.8 Å². The summed E-state index contributed by atoms with van der Waals surface area (Å²) >= 11 is 0. The first-order valence-electron chi connectivity index (χ1n) is 12.6. The molecule has 36 heavy (non-hydrogen) atoms. The molecule has 5 rings (SSSR count). The zero-order valence-electron chi connectivity index (χ0n) is 20.1. The molecule has 1 N–H and O–H groups in total. The van der Waals surface area contributed by atoms with Crippen molar-refractivity contribution in [3.05, 3.63) is 101 Å². The van der Waals surface area contributed by atoms with Gasteiger partial charge >= 0.3 is 0 Å². The molecule has 5 nitrogen and oxygen atoms in total. The summed E-state index contributed by atoms with van der Waals surface area (Å²) in [4.78, 5) is 14.8. The molecule has 0 spiro atoms. The van der Waals surface area contributed by atoms with E-state index in [0.717, 1.165) is 67.2 Å². The number of amides is 1. The monoisotopic (exact) mass is 506 g/mol. The Kier molecular flexibility index (Phi) is 7.21. The van der Waals surface area contributed by atoms with Crippen molar-refractivity contribution in [2.45, 2.75) is 43.0 Å². The average molecular weight is 507 g/mol. The maximum absolute atomic E-state index is 13.1. The number of carbonyl (C=O) groups is 1. The Morgan fingerprint density at radius 1 is 0.917 bits per heavy atom. The van der Waals surface area contributed by atoms with E-state index in [1.165, 1.54) is 31.2 Å². The van der Waals surface area contributed by atoms with Gasteiger partial charge < -0.3 is 0 Å². The molecule has 1 heterocycles. The number of nitrogens with zero attached hydrogens (tertiary/aromatic N) is 1. The fourth-order valence-electron chi connectivity index (χ4n) is 5.30. The van der Waals surface area contributed by atoms with E-state index in [9.17, 15) is 17.6 Å². The minimum Gasteiger partial charge on any atom is -0.299 e. The van der Waals surface area contributed by atoms with Crippen LogP contribution in [0.2, 0.25) is 0 Å². The van der Waals surface area contributed by atoms with Gasteiger partial charge in [0.1, 0.15) is 5.82 Å². The van der Waals surface area contributed by atoms with Gasteiger partial charge in [0, 0.05) is 12.1 Å². The number of hydrogen-bond acceptors (Lipinski definition) is 4. The van der Waals surface area contributed by atoms with Crippen LogP contribution >= 0.6 is 0 Å². The van der Waals surface area contributed by atoms with Gasteiger partial charge in [-0.05, 0) is 104 Å². The van der Waals surface area contributed by atoms with Gasteiger partial charge in [0.15, 0.2) is 0 Å². The highest BCUT2D eigenvalue weighted by molar-refractivity contribution is 7.90. The number of benzene rings is 3.